The van der Waals surface area contributed by atoms with Gasteiger partial charge in [-0.2, -0.15) is 5.10 Å². The minimum absolute atomic E-state index is 0.357. The number of rotatable bonds is 5. The molecule has 6 heteroatoms. The van der Waals surface area contributed by atoms with E-state index in [4.69, 9.17) is 5.11 Å². The monoisotopic (exact) mass is 264 g/mol. The van der Waals surface area contributed by atoms with Gasteiger partial charge in [-0.25, -0.2) is 0 Å². The Hall–Kier alpha value is -1.69. The van der Waals surface area contributed by atoms with E-state index in [2.05, 4.69) is 27.5 Å². The molecule has 2 heterocycles. The van der Waals surface area contributed by atoms with Crippen molar-refractivity contribution in [2.24, 2.45) is 5.92 Å². The predicted octanol–water partition coefficient (Wildman–Crippen LogP) is 1.03. The summed E-state index contributed by atoms with van der Waals surface area (Å²) in [7, 11) is 2.11. The smallest absolute Gasteiger partial charge is 0.308 e. The number of carboxylic acids is 1. The third kappa shape index (κ3) is 3.64. The Morgan fingerprint density at radius 2 is 2.37 bits per heavy atom. The molecule has 0 aromatic carbocycles. The van der Waals surface area contributed by atoms with Crippen LogP contribution >= 0.6 is 0 Å². The molecule has 1 aromatic rings. The number of anilines is 1. The number of aromatic nitrogens is 2. The third-order valence-electron chi connectivity index (χ3n) is 3.51. The highest BCUT2D eigenvalue weighted by atomic mass is 16.4. The number of nitrogens with one attached hydrogen (secondary N) is 1. The van der Waals surface area contributed by atoms with Crippen LogP contribution in [-0.2, 0) is 4.79 Å². The van der Waals surface area contributed by atoms with Crippen LogP contribution in [0.3, 0.4) is 0 Å². The Morgan fingerprint density at radius 1 is 1.58 bits per heavy atom. The van der Waals surface area contributed by atoms with E-state index in [9.17, 15) is 4.79 Å². The van der Waals surface area contributed by atoms with Gasteiger partial charge in [0.1, 0.15) is 5.82 Å². The van der Waals surface area contributed by atoms with E-state index >= 15 is 0 Å². The number of carbonyl (C=O) groups is 1. The molecule has 0 spiro atoms. The van der Waals surface area contributed by atoms with Crippen molar-refractivity contribution in [3.63, 3.8) is 0 Å². The van der Waals surface area contributed by atoms with E-state index < -0.39 is 11.9 Å². The minimum Gasteiger partial charge on any atom is -0.481 e. The Balaban J connectivity index is 1.89. The summed E-state index contributed by atoms with van der Waals surface area (Å²) >= 11 is 0. The molecule has 0 saturated carbocycles. The second-order valence-electron chi connectivity index (χ2n) is 5.21. The highest BCUT2D eigenvalue weighted by Gasteiger charge is 2.22. The number of likely N-dealkylation sites (N-methyl/N-ethyl adjacent to an activating group) is 1. The molecule has 19 heavy (non-hydrogen) atoms. The summed E-state index contributed by atoms with van der Waals surface area (Å²) in [5.74, 6) is -0.163. The number of carboxylic acid groups (broad SMARTS) is 1. The van der Waals surface area contributed by atoms with E-state index in [1.165, 1.54) is 0 Å². The van der Waals surface area contributed by atoms with Gasteiger partial charge in [0.2, 0.25) is 0 Å². The molecule has 2 rings (SSSR count). The molecule has 1 aliphatic rings. The molecular weight excluding hydrogens is 244 g/mol. The van der Waals surface area contributed by atoms with Crippen molar-refractivity contribution in [3.8, 4) is 0 Å². The Morgan fingerprint density at radius 3 is 2.89 bits per heavy atom. The maximum absolute atomic E-state index is 10.7. The highest BCUT2D eigenvalue weighted by Crippen LogP contribution is 2.24. The molecule has 1 fully saturated rings. The van der Waals surface area contributed by atoms with Gasteiger partial charge in [-0.15, -0.1) is 5.10 Å². The van der Waals surface area contributed by atoms with Crippen LogP contribution in [0.2, 0.25) is 0 Å². The maximum Gasteiger partial charge on any atom is 0.308 e. The summed E-state index contributed by atoms with van der Waals surface area (Å²) in [5, 5.41) is 20.1. The molecule has 0 aliphatic carbocycles. The molecule has 2 unspecified atom stereocenters. The SMILES string of the molecule is CC(CNc1ccc(C2CCN(C)C2)nn1)C(=O)O. The van der Waals surface area contributed by atoms with E-state index in [1.807, 2.05) is 12.1 Å². The average Bonchev–Trinajstić information content (AvgIpc) is 2.83. The first-order valence-corrected chi connectivity index (χ1v) is 6.55. The van der Waals surface area contributed by atoms with Crippen molar-refractivity contribution in [3.05, 3.63) is 17.8 Å². The topological polar surface area (TPSA) is 78.3 Å². The van der Waals surface area contributed by atoms with Gasteiger partial charge >= 0.3 is 5.97 Å². The Bertz CT molecular complexity index is 435. The van der Waals surface area contributed by atoms with E-state index in [0.717, 1.165) is 25.2 Å². The summed E-state index contributed by atoms with van der Waals surface area (Å²) in [5.41, 5.74) is 1.01. The molecule has 0 amide bonds. The van der Waals surface area contributed by atoms with Gasteiger partial charge in [-0.1, -0.05) is 6.92 Å². The summed E-state index contributed by atoms with van der Waals surface area (Å²) in [6, 6.07) is 3.85. The number of likely N-dealkylation sites (tertiary alicyclic amines) is 1. The Kier molecular flexibility index (Phi) is 4.31. The lowest BCUT2D eigenvalue weighted by molar-refractivity contribution is -0.140. The fourth-order valence-corrected chi connectivity index (χ4v) is 2.18. The lowest BCUT2D eigenvalue weighted by atomic mass is 10.1. The second-order valence-corrected chi connectivity index (χ2v) is 5.21. The maximum atomic E-state index is 10.7. The number of hydrogen-bond donors (Lipinski definition) is 2. The lowest BCUT2D eigenvalue weighted by Crippen LogP contribution is -2.20. The van der Waals surface area contributed by atoms with Gasteiger partial charge in [0.15, 0.2) is 0 Å². The molecule has 6 nitrogen and oxygen atoms in total. The standard InChI is InChI=1S/C13H20N4O2/c1-9(13(18)19)7-14-12-4-3-11(15-16-12)10-5-6-17(2)8-10/h3-4,9-10H,5-8H2,1-2H3,(H,14,16)(H,18,19). The van der Waals surface area contributed by atoms with Crippen molar-refractivity contribution in [1.82, 2.24) is 15.1 Å². The molecular formula is C13H20N4O2. The van der Waals surface area contributed by atoms with Crippen LogP contribution in [0, 0.1) is 5.92 Å². The first-order valence-electron chi connectivity index (χ1n) is 6.55. The van der Waals surface area contributed by atoms with E-state index in [0.29, 0.717) is 18.3 Å². The van der Waals surface area contributed by atoms with Crippen LogP contribution in [0.25, 0.3) is 0 Å². The summed E-state index contributed by atoms with van der Waals surface area (Å²) < 4.78 is 0. The van der Waals surface area contributed by atoms with Crippen molar-refractivity contribution in [1.29, 1.82) is 0 Å². The zero-order valence-electron chi connectivity index (χ0n) is 11.3. The number of hydrogen-bond acceptors (Lipinski definition) is 5. The summed E-state index contributed by atoms with van der Waals surface area (Å²) in [6.45, 7) is 4.14. The van der Waals surface area contributed by atoms with E-state index in [1.54, 1.807) is 6.92 Å². The zero-order valence-corrected chi connectivity index (χ0v) is 11.3. The minimum atomic E-state index is -0.814. The number of nitrogens with zero attached hydrogens (tertiary/aromatic N) is 3. The fourth-order valence-electron chi connectivity index (χ4n) is 2.18. The molecule has 0 radical (unpaired) electrons. The first-order chi connectivity index (χ1) is 9.06. The van der Waals surface area contributed by atoms with Gasteiger partial charge in [0.25, 0.3) is 0 Å². The van der Waals surface area contributed by atoms with Crippen molar-refractivity contribution in [2.45, 2.75) is 19.3 Å². The number of aliphatic carboxylic acids is 1. The van der Waals surface area contributed by atoms with Gasteiger partial charge in [0, 0.05) is 19.0 Å². The van der Waals surface area contributed by atoms with Gasteiger partial charge in [0.05, 0.1) is 11.6 Å². The first kappa shape index (κ1) is 13.7. The molecule has 1 aromatic heterocycles. The normalized spacial score (nSPS) is 21.3. The second kappa shape index (κ2) is 5.97. The van der Waals surface area contributed by atoms with Gasteiger partial charge in [-0.3, -0.25) is 4.79 Å². The average molecular weight is 264 g/mol. The van der Waals surface area contributed by atoms with Crippen LogP contribution in [-0.4, -0.2) is 52.9 Å². The van der Waals surface area contributed by atoms with Crippen molar-refractivity contribution in [2.75, 3.05) is 32.0 Å². The highest BCUT2D eigenvalue weighted by molar-refractivity contribution is 5.70. The van der Waals surface area contributed by atoms with Crippen molar-refractivity contribution >= 4 is 11.8 Å². The van der Waals surface area contributed by atoms with E-state index in [-0.39, 0.29) is 0 Å². The Labute approximate surface area is 112 Å². The molecule has 2 N–H and O–H groups in total. The van der Waals surface area contributed by atoms with Crippen molar-refractivity contribution < 1.29 is 9.90 Å². The quantitative estimate of drug-likeness (QED) is 0.827. The summed E-state index contributed by atoms with van der Waals surface area (Å²) in [4.78, 5) is 13.0. The van der Waals surface area contributed by atoms with Crippen LogP contribution in [0.15, 0.2) is 12.1 Å². The predicted molar refractivity (Wildman–Crippen MR) is 72.2 cm³/mol. The van der Waals surface area contributed by atoms with Crippen LogP contribution in [0.4, 0.5) is 5.82 Å². The van der Waals surface area contributed by atoms with Gasteiger partial charge < -0.3 is 15.3 Å². The lowest BCUT2D eigenvalue weighted by Gasteiger charge is -2.11. The molecule has 1 aliphatic heterocycles. The molecule has 2 atom stereocenters. The van der Waals surface area contributed by atoms with Crippen LogP contribution in [0.1, 0.15) is 25.0 Å². The van der Waals surface area contributed by atoms with Crippen LogP contribution in [0.5, 0.6) is 0 Å². The molecule has 1 saturated heterocycles. The van der Waals surface area contributed by atoms with Gasteiger partial charge in [-0.05, 0) is 32.1 Å². The largest absolute Gasteiger partial charge is 0.481 e. The van der Waals surface area contributed by atoms with Crippen LogP contribution < -0.4 is 5.32 Å². The summed E-state index contributed by atoms with van der Waals surface area (Å²) in [6.07, 6.45) is 1.12. The molecule has 104 valence electrons. The zero-order chi connectivity index (χ0) is 13.8. The third-order valence-corrected chi connectivity index (χ3v) is 3.51. The fraction of sp³-hybridized carbons (Fsp3) is 0.615. The molecule has 0 bridgehead atoms.